The fraction of sp³-hybridized carbons (Fsp3) is 0.222. The van der Waals surface area contributed by atoms with E-state index >= 15 is 0 Å². The fourth-order valence-corrected chi connectivity index (χ4v) is 1.89. The number of rotatable bonds is 2. The van der Waals surface area contributed by atoms with Gasteiger partial charge in [-0.25, -0.2) is 9.18 Å². The van der Waals surface area contributed by atoms with Crippen LogP contribution >= 0.6 is 31.9 Å². The lowest BCUT2D eigenvalue weighted by atomic mass is 10.1. The lowest BCUT2D eigenvalue weighted by Gasteiger charge is -2.05. The molecule has 0 N–H and O–H groups in total. The van der Waals surface area contributed by atoms with Gasteiger partial charge in [-0.1, -0.05) is 15.9 Å². The summed E-state index contributed by atoms with van der Waals surface area (Å²) in [7, 11) is 1.29. The van der Waals surface area contributed by atoms with Gasteiger partial charge in [0.15, 0.2) is 0 Å². The number of ether oxygens (including phenoxy) is 1. The third kappa shape index (κ3) is 2.33. The Hall–Kier alpha value is -0.420. The summed E-state index contributed by atoms with van der Waals surface area (Å²) in [5, 5.41) is 0.349. The Morgan fingerprint density at radius 1 is 1.57 bits per heavy atom. The fourth-order valence-electron chi connectivity index (χ4n) is 0.979. The summed E-state index contributed by atoms with van der Waals surface area (Å²) in [6.07, 6.45) is 0. The molecule has 1 aromatic rings. The molecule has 0 spiro atoms. The van der Waals surface area contributed by atoms with Crippen molar-refractivity contribution < 1.29 is 13.9 Å². The zero-order valence-corrected chi connectivity index (χ0v) is 10.5. The molecule has 2 nitrogen and oxygen atoms in total. The molecular formula is C9H7Br2FO2. The highest BCUT2D eigenvalue weighted by Gasteiger charge is 2.12. The second-order valence-corrected chi connectivity index (χ2v) is 3.97. The highest BCUT2D eigenvalue weighted by molar-refractivity contribution is 9.10. The van der Waals surface area contributed by atoms with Crippen LogP contribution in [0.3, 0.4) is 0 Å². The van der Waals surface area contributed by atoms with Crippen LogP contribution in [-0.4, -0.2) is 13.1 Å². The van der Waals surface area contributed by atoms with Crippen molar-refractivity contribution in [3.63, 3.8) is 0 Å². The predicted octanol–water partition coefficient (Wildman–Crippen LogP) is 3.27. The molecule has 0 fully saturated rings. The number of halogens is 3. The SMILES string of the molecule is COC(=O)c1cc(Br)c(F)c(CBr)c1. The van der Waals surface area contributed by atoms with Crippen LogP contribution in [0.4, 0.5) is 4.39 Å². The second kappa shape index (κ2) is 4.89. The molecule has 1 aromatic carbocycles. The van der Waals surface area contributed by atoms with Crippen LogP contribution in [0.1, 0.15) is 15.9 Å². The summed E-state index contributed by atoms with van der Waals surface area (Å²) in [5.74, 6) is -0.845. The third-order valence-corrected chi connectivity index (χ3v) is 2.85. The van der Waals surface area contributed by atoms with Crippen molar-refractivity contribution in [3.8, 4) is 0 Å². The van der Waals surface area contributed by atoms with E-state index in [1.165, 1.54) is 19.2 Å². The molecule has 0 bridgehead atoms. The number of esters is 1. The molecule has 14 heavy (non-hydrogen) atoms. The van der Waals surface area contributed by atoms with Crippen LogP contribution in [0.5, 0.6) is 0 Å². The van der Waals surface area contributed by atoms with Crippen molar-refractivity contribution in [2.75, 3.05) is 7.11 Å². The van der Waals surface area contributed by atoms with E-state index in [4.69, 9.17) is 0 Å². The first-order chi connectivity index (χ1) is 6.60. The van der Waals surface area contributed by atoms with Gasteiger partial charge in [0.1, 0.15) is 5.82 Å². The van der Waals surface area contributed by atoms with Gasteiger partial charge in [-0.2, -0.15) is 0 Å². The van der Waals surface area contributed by atoms with E-state index in [9.17, 15) is 9.18 Å². The number of hydrogen-bond acceptors (Lipinski definition) is 2. The van der Waals surface area contributed by atoms with E-state index < -0.39 is 5.97 Å². The molecule has 0 saturated heterocycles. The van der Waals surface area contributed by atoms with Crippen molar-refractivity contribution in [1.29, 1.82) is 0 Å². The molecule has 0 aliphatic carbocycles. The van der Waals surface area contributed by atoms with Gasteiger partial charge in [0.2, 0.25) is 0 Å². The number of methoxy groups -OCH3 is 1. The van der Waals surface area contributed by atoms with Gasteiger partial charge in [-0.3, -0.25) is 0 Å². The average Bonchev–Trinajstić information content (AvgIpc) is 2.20. The third-order valence-electron chi connectivity index (χ3n) is 1.67. The highest BCUT2D eigenvalue weighted by Crippen LogP contribution is 2.23. The largest absolute Gasteiger partial charge is 0.465 e. The summed E-state index contributed by atoms with van der Waals surface area (Å²) in [6, 6.07) is 2.86. The van der Waals surface area contributed by atoms with E-state index in [1.54, 1.807) is 0 Å². The summed E-state index contributed by atoms with van der Waals surface area (Å²) >= 11 is 6.17. The van der Waals surface area contributed by atoms with Gasteiger partial charge in [0.25, 0.3) is 0 Å². The number of hydrogen-bond donors (Lipinski definition) is 0. The summed E-state index contributed by atoms with van der Waals surface area (Å²) in [4.78, 5) is 11.2. The van der Waals surface area contributed by atoms with E-state index in [-0.39, 0.29) is 10.3 Å². The number of carbonyl (C=O) groups is 1. The Balaban J connectivity index is 3.22. The molecule has 0 aliphatic rings. The van der Waals surface area contributed by atoms with Crippen LogP contribution in [0.25, 0.3) is 0 Å². The van der Waals surface area contributed by atoms with Crippen molar-refractivity contribution in [1.82, 2.24) is 0 Å². The Morgan fingerprint density at radius 3 is 2.71 bits per heavy atom. The summed E-state index contributed by atoms with van der Waals surface area (Å²) in [6.45, 7) is 0. The lowest BCUT2D eigenvalue weighted by molar-refractivity contribution is 0.0600. The maximum atomic E-state index is 13.3. The zero-order valence-electron chi connectivity index (χ0n) is 7.31. The van der Waals surface area contributed by atoms with Crippen LogP contribution in [-0.2, 0) is 10.1 Å². The van der Waals surface area contributed by atoms with E-state index in [1.807, 2.05) is 0 Å². The first-order valence-electron chi connectivity index (χ1n) is 3.72. The van der Waals surface area contributed by atoms with Crippen molar-refractivity contribution >= 4 is 37.8 Å². The van der Waals surface area contributed by atoms with Crippen molar-refractivity contribution in [2.24, 2.45) is 0 Å². The number of alkyl halides is 1. The Morgan fingerprint density at radius 2 is 2.21 bits per heavy atom. The molecule has 0 saturated carbocycles. The Bertz CT molecular complexity index is 366. The molecule has 0 amide bonds. The molecule has 0 aromatic heterocycles. The van der Waals surface area contributed by atoms with Gasteiger partial charge in [-0.15, -0.1) is 0 Å². The standard InChI is InChI=1S/C9H7Br2FO2/c1-14-9(13)5-2-6(4-10)8(12)7(11)3-5/h2-3H,4H2,1H3. The Kier molecular flexibility index (Phi) is 4.07. The molecule has 0 radical (unpaired) electrons. The van der Waals surface area contributed by atoms with Crippen molar-refractivity contribution in [2.45, 2.75) is 5.33 Å². The molecule has 0 heterocycles. The van der Waals surface area contributed by atoms with E-state index in [0.717, 1.165) is 0 Å². The zero-order chi connectivity index (χ0) is 10.7. The molecule has 1 rings (SSSR count). The quantitative estimate of drug-likeness (QED) is 0.616. The molecule has 5 heteroatoms. The molecule has 0 atom stereocenters. The summed E-state index contributed by atoms with van der Waals surface area (Å²) < 4.78 is 18.1. The highest BCUT2D eigenvalue weighted by atomic mass is 79.9. The summed E-state index contributed by atoms with van der Waals surface area (Å²) in [5.41, 5.74) is 0.745. The van der Waals surface area contributed by atoms with Gasteiger partial charge in [0.05, 0.1) is 17.1 Å². The van der Waals surface area contributed by atoms with Crippen LogP contribution < -0.4 is 0 Å². The molecule has 0 aliphatic heterocycles. The monoisotopic (exact) mass is 324 g/mol. The normalized spacial score (nSPS) is 10.0. The first kappa shape index (κ1) is 11.7. The average molecular weight is 326 g/mol. The van der Waals surface area contributed by atoms with Gasteiger partial charge >= 0.3 is 5.97 Å². The van der Waals surface area contributed by atoms with Gasteiger partial charge < -0.3 is 4.74 Å². The van der Waals surface area contributed by atoms with Gasteiger partial charge in [-0.05, 0) is 28.1 Å². The first-order valence-corrected chi connectivity index (χ1v) is 5.63. The second-order valence-electron chi connectivity index (χ2n) is 2.56. The van der Waals surface area contributed by atoms with Crippen LogP contribution in [0.2, 0.25) is 0 Å². The predicted molar refractivity (Wildman–Crippen MR) is 58.1 cm³/mol. The molecule has 0 unspecified atom stereocenters. The lowest BCUT2D eigenvalue weighted by Crippen LogP contribution is -2.03. The molecular weight excluding hydrogens is 319 g/mol. The van der Waals surface area contributed by atoms with E-state index in [2.05, 4.69) is 36.6 Å². The van der Waals surface area contributed by atoms with Gasteiger partial charge in [0, 0.05) is 10.9 Å². The van der Waals surface area contributed by atoms with Crippen LogP contribution in [0, 0.1) is 5.82 Å². The van der Waals surface area contributed by atoms with Crippen LogP contribution in [0.15, 0.2) is 16.6 Å². The maximum Gasteiger partial charge on any atom is 0.337 e. The topological polar surface area (TPSA) is 26.3 Å². The number of benzene rings is 1. The smallest absolute Gasteiger partial charge is 0.337 e. The Labute approximate surface area is 97.7 Å². The van der Waals surface area contributed by atoms with Crippen molar-refractivity contribution in [3.05, 3.63) is 33.5 Å². The minimum atomic E-state index is -0.479. The van der Waals surface area contributed by atoms with E-state index in [0.29, 0.717) is 16.5 Å². The minimum Gasteiger partial charge on any atom is -0.465 e. The number of carbonyl (C=O) groups excluding carboxylic acids is 1. The minimum absolute atomic E-state index is 0.259. The molecule has 76 valence electrons. The maximum absolute atomic E-state index is 13.3.